The van der Waals surface area contributed by atoms with E-state index in [2.05, 4.69) is 13.8 Å². The van der Waals surface area contributed by atoms with Crippen molar-refractivity contribution >= 4 is 5.78 Å². The maximum Gasteiger partial charge on any atom is 0.133 e. The van der Waals surface area contributed by atoms with Gasteiger partial charge in [0.15, 0.2) is 0 Å². The molecule has 5 rings (SSSR count). The Morgan fingerprint density at radius 1 is 0.857 bits per heavy atom. The molecule has 5 aliphatic rings. The van der Waals surface area contributed by atoms with E-state index in [1.165, 1.54) is 51.4 Å². The molecule has 0 aromatic carbocycles. The van der Waals surface area contributed by atoms with E-state index in [4.69, 9.17) is 0 Å². The molecule has 0 aromatic heterocycles. The average molecular weight is 389 g/mol. The summed E-state index contributed by atoms with van der Waals surface area (Å²) in [5.74, 6) is 5.79. The van der Waals surface area contributed by atoms with Gasteiger partial charge in [0.2, 0.25) is 0 Å². The number of aliphatic hydroxyl groups is 1. The van der Waals surface area contributed by atoms with Crippen molar-refractivity contribution in [2.24, 2.45) is 52.3 Å². The highest BCUT2D eigenvalue weighted by Gasteiger charge is 2.64. The van der Waals surface area contributed by atoms with Crippen molar-refractivity contribution in [3.63, 3.8) is 0 Å². The average Bonchev–Trinajstić information content (AvgIpc) is 3.45. The van der Waals surface area contributed by atoms with Crippen molar-refractivity contribution in [3.8, 4) is 0 Å². The van der Waals surface area contributed by atoms with E-state index in [9.17, 15) is 9.90 Å². The second-order valence-corrected chi connectivity index (χ2v) is 11.4. The van der Waals surface area contributed by atoms with Crippen LogP contribution in [0.3, 0.4) is 0 Å². The summed E-state index contributed by atoms with van der Waals surface area (Å²) in [5, 5.41) is 10.2. The van der Waals surface area contributed by atoms with Gasteiger partial charge < -0.3 is 5.11 Å². The first-order valence-corrected chi connectivity index (χ1v) is 12.5. The van der Waals surface area contributed by atoms with Gasteiger partial charge in [0.05, 0.1) is 6.10 Å². The molecular weight excluding hydrogens is 344 g/mol. The molecular formula is C26H44O2. The van der Waals surface area contributed by atoms with E-state index in [1.54, 1.807) is 0 Å². The van der Waals surface area contributed by atoms with E-state index in [1.807, 2.05) is 20.8 Å². The number of aliphatic hydroxyl groups excluding tert-OH is 1. The summed E-state index contributed by atoms with van der Waals surface area (Å²) in [4.78, 5) is 12.6. The Hall–Kier alpha value is -0.370. The molecule has 2 nitrogen and oxygen atoms in total. The molecule has 160 valence electrons. The Morgan fingerprint density at radius 3 is 2.18 bits per heavy atom. The minimum absolute atomic E-state index is 0.0498. The standard InChI is InChI=1S/C24H38O2.C2H6/c1-14(25)21-13-19(15-4-5-15)22-18-7-6-16-12-17(26)8-10-23(16,2)20(18)9-11-24(21,22)3;1-2/h15-22,26H,4-13H2,1-3H3;1-2H3. The quantitative estimate of drug-likeness (QED) is 0.606. The number of ketones is 1. The molecule has 28 heavy (non-hydrogen) atoms. The van der Waals surface area contributed by atoms with Gasteiger partial charge in [0.25, 0.3) is 0 Å². The van der Waals surface area contributed by atoms with Crippen LogP contribution in [-0.4, -0.2) is 17.0 Å². The number of fused-ring (bicyclic) bond motifs is 5. The van der Waals surface area contributed by atoms with Crippen molar-refractivity contribution in [1.29, 1.82) is 0 Å². The van der Waals surface area contributed by atoms with Crippen LogP contribution in [0.1, 0.15) is 98.8 Å². The van der Waals surface area contributed by atoms with Gasteiger partial charge in [-0.3, -0.25) is 4.79 Å². The highest BCUT2D eigenvalue weighted by atomic mass is 16.3. The molecule has 0 heterocycles. The third kappa shape index (κ3) is 3.03. The van der Waals surface area contributed by atoms with Gasteiger partial charge in [0.1, 0.15) is 5.78 Å². The number of carbonyl (C=O) groups is 1. The molecule has 0 bridgehead atoms. The first-order chi connectivity index (χ1) is 13.3. The molecule has 9 unspecified atom stereocenters. The first kappa shape index (κ1) is 20.9. The van der Waals surface area contributed by atoms with Crippen molar-refractivity contribution in [3.05, 3.63) is 0 Å². The third-order valence-corrected chi connectivity index (χ3v) is 10.4. The minimum atomic E-state index is -0.0498. The molecule has 1 N–H and O–H groups in total. The van der Waals surface area contributed by atoms with Crippen LogP contribution >= 0.6 is 0 Å². The fourth-order valence-corrected chi connectivity index (χ4v) is 9.05. The lowest BCUT2D eigenvalue weighted by Crippen LogP contribution is -2.55. The molecule has 0 aromatic rings. The zero-order valence-corrected chi connectivity index (χ0v) is 19.0. The number of carbonyl (C=O) groups excluding carboxylic acids is 1. The summed E-state index contributed by atoms with van der Waals surface area (Å²) in [6.07, 6.45) is 12.6. The molecule has 0 spiro atoms. The normalized spacial score (nSPS) is 52.6. The zero-order chi connectivity index (χ0) is 20.3. The summed E-state index contributed by atoms with van der Waals surface area (Å²) < 4.78 is 0. The molecule has 2 heteroatoms. The van der Waals surface area contributed by atoms with Crippen LogP contribution in [0, 0.1) is 52.3 Å². The SMILES string of the molecule is CC.CC(=O)C1CC(C2CC2)C2C3CCC4CC(O)CCC4(C)C3CCC12C. The number of rotatable bonds is 2. The van der Waals surface area contributed by atoms with Gasteiger partial charge in [-0.05, 0) is 117 Å². The fourth-order valence-electron chi connectivity index (χ4n) is 9.05. The maximum atomic E-state index is 12.6. The molecule has 9 atom stereocenters. The molecule has 5 aliphatic carbocycles. The van der Waals surface area contributed by atoms with E-state index < -0.39 is 0 Å². The summed E-state index contributed by atoms with van der Waals surface area (Å²) in [6, 6.07) is 0. The van der Waals surface area contributed by atoms with Crippen LogP contribution < -0.4 is 0 Å². The van der Waals surface area contributed by atoms with Gasteiger partial charge in [0, 0.05) is 5.92 Å². The highest BCUT2D eigenvalue weighted by molar-refractivity contribution is 5.79. The van der Waals surface area contributed by atoms with Crippen LogP contribution in [0.25, 0.3) is 0 Å². The van der Waals surface area contributed by atoms with Gasteiger partial charge in [-0.25, -0.2) is 0 Å². The molecule has 5 saturated carbocycles. The van der Waals surface area contributed by atoms with Gasteiger partial charge in [-0.15, -0.1) is 0 Å². The fraction of sp³-hybridized carbons (Fsp3) is 0.962. The number of Topliss-reactive ketones (excluding diaryl/α,β-unsaturated/α-hetero) is 1. The van der Waals surface area contributed by atoms with E-state index in [0.29, 0.717) is 17.1 Å². The monoisotopic (exact) mass is 388 g/mol. The van der Waals surface area contributed by atoms with Gasteiger partial charge in [-0.2, -0.15) is 0 Å². The summed E-state index contributed by atoms with van der Waals surface area (Å²) in [7, 11) is 0. The zero-order valence-electron chi connectivity index (χ0n) is 19.0. The lowest BCUT2D eigenvalue weighted by molar-refractivity contribution is -0.142. The molecule has 0 aliphatic heterocycles. The molecule has 0 radical (unpaired) electrons. The van der Waals surface area contributed by atoms with Crippen LogP contribution in [-0.2, 0) is 4.79 Å². The smallest absolute Gasteiger partial charge is 0.133 e. The van der Waals surface area contributed by atoms with Crippen LogP contribution in [0.4, 0.5) is 0 Å². The molecule has 0 amide bonds. The van der Waals surface area contributed by atoms with Crippen molar-refractivity contribution in [2.75, 3.05) is 0 Å². The Morgan fingerprint density at radius 2 is 1.54 bits per heavy atom. The summed E-state index contributed by atoms with van der Waals surface area (Å²) in [5.41, 5.74) is 0.726. The van der Waals surface area contributed by atoms with E-state index in [0.717, 1.165) is 48.3 Å². The topological polar surface area (TPSA) is 37.3 Å². The third-order valence-electron chi connectivity index (χ3n) is 10.4. The van der Waals surface area contributed by atoms with Crippen LogP contribution in [0.15, 0.2) is 0 Å². The van der Waals surface area contributed by atoms with Gasteiger partial charge in [-0.1, -0.05) is 27.7 Å². The molecule has 0 saturated heterocycles. The van der Waals surface area contributed by atoms with E-state index >= 15 is 0 Å². The van der Waals surface area contributed by atoms with Crippen molar-refractivity contribution in [2.45, 2.75) is 105 Å². The summed E-state index contributed by atoms with van der Waals surface area (Å²) in [6.45, 7) is 10.9. The molecule has 5 fully saturated rings. The largest absolute Gasteiger partial charge is 0.393 e. The maximum absolute atomic E-state index is 12.6. The first-order valence-electron chi connectivity index (χ1n) is 12.5. The van der Waals surface area contributed by atoms with Crippen LogP contribution in [0.5, 0.6) is 0 Å². The lowest BCUT2D eigenvalue weighted by atomic mass is 9.44. The highest BCUT2D eigenvalue weighted by Crippen LogP contribution is 2.71. The predicted octanol–water partition coefficient (Wildman–Crippen LogP) is 6.26. The Balaban J connectivity index is 0.000000932. The number of hydrogen-bond acceptors (Lipinski definition) is 2. The Bertz CT molecular complexity index is 595. The Kier molecular flexibility index (Phi) is 5.52. The second kappa shape index (κ2) is 7.40. The second-order valence-electron chi connectivity index (χ2n) is 11.4. The lowest BCUT2D eigenvalue weighted by Gasteiger charge is -2.61. The van der Waals surface area contributed by atoms with Crippen molar-refractivity contribution in [1.82, 2.24) is 0 Å². The number of hydrogen-bond donors (Lipinski definition) is 1. The van der Waals surface area contributed by atoms with E-state index in [-0.39, 0.29) is 11.5 Å². The minimum Gasteiger partial charge on any atom is -0.393 e. The van der Waals surface area contributed by atoms with Crippen LogP contribution in [0.2, 0.25) is 0 Å². The van der Waals surface area contributed by atoms with Crippen molar-refractivity contribution < 1.29 is 9.90 Å². The van der Waals surface area contributed by atoms with Gasteiger partial charge >= 0.3 is 0 Å². The summed E-state index contributed by atoms with van der Waals surface area (Å²) >= 11 is 0. The Labute approximate surface area is 173 Å². The predicted molar refractivity (Wildman–Crippen MR) is 115 cm³/mol.